The highest BCUT2D eigenvalue weighted by Crippen LogP contribution is 2.56. The molecule has 0 saturated carbocycles. The summed E-state index contributed by atoms with van der Waals surface area (Å²) in [6, 6.07) is 40.0. The first kappa shape index (κ1) is 19.1. The van der Waals surface area contributed by atoms with Gasteiger partial charge in [-0.25, -0.2) is 0 Å². The number of benzene rings is 5. The summed E-state index contributed by atoms with van der Waals surface area (Å²) in [7, 11) is -1.51. The smallest absolute Gasteiger partial charge is 0.423 e. The molecule has 3 heteroatoms. The highest BCUT2D eigenvalue weighted by Gasteiger charge is 2.46. The van der Waals surface area contributed by atoms with E-state index in [1.165, 1.54) is 27.5 Å². The summed E-state index contributed by atoms with van der Waals surface area (Å²) in [5, 5.41) is 22.2. The molecule has 2 N–H and O–H groups in total. The van der Waals surface area contributed by atoms with E-state index in [0.29, 0.717) is 5.46 Å². The van der Waals surface area contributed by atoms with Crippen LogP contribution in [0.5, 0.6) is 0 Å². The van der Waals surface area contributed by atoms with Crippen molar-refractivity contribution < 1.29 is 10.0 Å². The fraction of sp³-hybridized carbons (Fsp3) is 0.0345. The van der Waals surface area contributed by atoms with Crippen LogP contribution in [0.1, 0.15) is 22.3 Å². The Kier molecular flexibility index (Phi) is 4.29. The van der Waals surface area contributed by atoms with E-state index in [1.54, 1.807) is 0 Å². The van der Waals surface area contributed by atoms with Gasteiger partial charge in [-0.2, -0.15) is 0 Å². The zero-order valence-electron chi connectivity index (χ0n) is 17.4. The molecule has 6 rings (SSSR count). The SMILES string of the molecule is OB(O)c1ccc2c(c1)-c1cc3ccccc3cc1C2(c1ccccc1)c1ccccc1. The molecule has 1 aliphatic rings. The summed E-state index contributed by atoms with van der Waals surface area (Å²) in [5.41, 5.74) is 6.95. The Morgan fingerprint density at radius 3 is 1.62 bits per heavy atom. The summed E-state index contributed by atoms with van der Waals surface area (Å²) in [6.07, 6.45) is 0. The van der Waals surface area contributed by atoms with Crippen LogP contribution < -0.4 is 5.46 Å². The van der Waals surface area contributed by atoms with Gasteiger partial charge in [0.1, 0.15) is 0 Å². The quantitative estimate of drug-likeness (QED) is 0.407. The number of fused-ring (bicyclic) bond motifs is 4. The van der Waals surface area contributed by atoms with Crippen LogP contribution in [0.15, 0.2) is 115 Å². The van der Waals surface area contributed by atoms with Crippen molar-refractivity contribution >= 4 is 23.4 Å². The van der Waals surface area contributed by atoms with E-state index in [9.17, 15) is 10.0 Å². The molecule has 2 nitrogen and oxygen atoms in total. The molecule has 0 spiro atoms. The molecule has 152 valence electrons. The maximum absolute atomic E-state index is 9.89. The predicted octanol–water partition coefficient (Wildman–Crippen LogP) is 4.88. The molecule has 0 unspecified atom stereocenters. The second kappa shape index (κ2) is 7.20. The van der Waals surface area contributed by atoms with Gasteiger partial charge in [0.15, 0.2) is 0 Å². The number of hydrogen-bond donors (Lipinski definition) is 2. The summed E-state index contributed by atoms with van der Waals surface area (Å²) in [5.74, 6) is 0. The average molecular weight is 412 g/mol. The van der Waals surface area contributed by atoms with Gasteiger partial charge in [0.05, 0.1) is 5.41 Å². The zero-order valence-corrected chi connectivity index (χ0v) is 17.4. The van der Waals surface area contributed by atoms with Crippen LogP contribution in [0.2, 0.25) is 0 Å². The molecule has 5 aromatic rings. The fourth-order valence-corrected chi connectivity index (χ4v) is 5.36. The van der Waals surface area contributed by atoms with Crippen molar-refractivity contribution in [1.29, 1.82) is 0 Å². The summed E-state index contributed by atoms with van der Waals surface area (Å²) < 4.78 is 0. The first-order valence-corrected chi connectivity index (χ1v) is 10.8. The van der Waals surface area contributed by atoms with Crippen LogP contribution in [0.3, 0.4) is 0 Å². The minimum atomic E-state index is -1.51. The molecule has 5 aromatic carbocycles. The van der Waals surface area contributed by atoms with Crippen LogP contribution in [-0.4, -0.2) is 17.2 Å². The first-order valence-electron chi connectivity index (χ1n) is 10.8. The number of hydrogen-bond acceptors (Lipinski definition) is 2. The van der Waals surface area contributed by atoms with Gasteiger partial charge in [0.25, 0.3) is 0 Å². The largest absolute Gasteiger partial charge is 0.488 e. The zero-order chi connectivity index (χ0) is 21.7. The Bertz CT molecular complexity index is 1400. The van der Waals surface area contributed by atoms with Gasteiger partial charge < -0.3 is 10.0 Å². The topological polar surface area (TPSA) is 40.5 Å². The molecule has 0 heterocycles. The third kappa shape index (κ3) is 2.62. The second-order valence-corrected chi connectivity index (χ2v) is 8.41. The van der Waals surface area contributed by atoms with Crippen LogP contribution in [0.4, 0.5) is 0 Å². The van der Waals surface area contributed by atoms with Crippen molar-refractivity contribution in [2.24, 2.45) is 0 Å². The van der Waals surface area contributed by atoms with Crippen LogP contribution in [-0.2, 0) is 5.41 Å². The predicted molar refractivity (Wildman–Crippen MR) is 131 cm³/mol. The lowest BCUT2D eigenvalue weighted by atomic mass is 9.67. The molecule has 0 saturated heterocycles. The molecule has 0 bridgehead atoms. The molecule has 0 fully saturated rings. The average Bonchev–Trinajstić information content (AvgIpc) is 3.13. The highest BCUT2D eigenvalue weighted by atomic mass is 16.4. The van der Waals surface area contributed by atoms with Gasteiger partial charge in [-0.1, -0.05) is 103 Å². The Morgan fingerprint density at radius 1 is 0.500 bits per heavy atom. The van der Waals surface area contributed by atoms with Crippen molar-refractivity contribution in [2.75, 3.05) is 0 Å². The van der Waals surface area contributed by atoms with Gasteiger partial charge in [-0.05, 0) is 61.7 Å². The van der Waals surface area contributed by atoms with E-state index in [1.807, 2.05) is 24.3 Å². The van der Waals surface area contributed by atoms with Gasteiger partial charge in [-0.15, -0.1) is 0 Å². The van der Waals surface area contributed by atoms with E-state index in [2.05, 4.69) is 91.0 Å². The van der Waals surface area contributed by atoms with E-state index in [0.717, 1.165) is 16.7 Å². The fourth-order valence-electron chi connectivity index (χ4n) is 5.36. The third-order valence-electron chi connectivity index (χ3n) is 6.74. The van der Waals surface area contributed by atoms with Crippen molar-refractivity contribution in [3.63, 3.8) is 0 Å². The Balaban J connectivity index is 1.81. The molecular formula is C29H21BO2. The van der Waals surface area contributed by atoms with Crippen molar-refractivity contribution in [3.8, 4) is 11.1 Å². The minimum Gasteiger partial charge on any atom is -0.423 e. The van der Waals surface area contributed by atoms with Crippen molar-refractivity contribution in [2.45, 2.75) is 5.41 Å². The standard InChI is InChI=1S/C29H21BO2/c31-30(32)24-15-16-27-26(19-24)25-17-20-9-7-8-10-21(20)18-28(25)29(27,22-11-3-1-4-12-22)23-13-5-2-6-14-23/h1-19,31-32H. The van der Waals surface area contributed by atoms with Crippen molar-refractivity contribution in [1.82, 2.24) is 0 Å². The normalized spacial score (nSPS) is 13.6. The molecular weight excluding hydrogens is 391 g/mol. The Morgan fingerprint density at radius 2 is 1.03 bits per heavy atom. The van der Waals surface area contributed by atoms with Gasteiger partial charge in [-0.3, -0.25) is 0 Å². The van der Waals surface area contributed by atoms with Crippen molar-refractivity contribution in [3.05, 3.63) is 138 Å². The molecule has 32 heavy (non-hydrogen) atoms. The molecule has 0 aromatic heterocycles. The Labute approximate surface area is 187 Å². The maximum atomic E-state index is 9.89. The second-order valence-electron chi connectivity index (χ2n) is 8.41. The summed E-state index contributed by atoms with van der Waals surface area (Å²) >= 11 is 0. The highest BCUT2D eigenvalue weighted by molar-refractivity contribution is 6.58. The van der Waals surface area contributed by atoms with E-state index >= 15 is 0 Å². The van der Waals surface area contributed by atoms with E-state index in [4.69, 9.17) is 0 Å². The van der Waals surface area contributed by atoms with Crippen LogP contribution >= 0.6 is 0 Å². The van der Waals surface area contributed by atoms with Crippen LogP contribution in [0, 0.1) is 0 Å². The maximum Gasteiger partial charge on any atom is 0.488 e. The molecule has 0 aliphatic heterocycles. The van der Waals surface area contributed by atoms with Gasteiger partial charge in [0.2, 0.25) is 0 Å². The number of rotatable bonds is 3. The Hall–Kier alpha value is -3.66. The monoisotopic (exact) mass is 412 g/mol. The molecule has 0 amide bonds. The lowest BCUT2D eigenvalue weighted by molar-refractivity contribution is 0.426. The molecule has 0 atom stereocenters. The lowest BCUT2D eigenvalue weighted by Crippen LogP contribution is -2.31. The van der Waals surface area contributed by atoms with Gasteiger partial charge in [0, 0.05) is 0 Å². The lowest BCUT2D eigenvalue weighted by Gasteiger charge is -2.34. The first-order chi connectivity index (χ1) is 15.7. The summed E-state index contributed by atoms with van der Waals surface area (Å²) in [4.78, 5) is 0. The molecule has 0 radical (unpaired) electrons. The minimum absolute atomic E-state index is 0.490. The van der Waals surface area contributed by atoms with Crippen LogP contribution in [0.25, 0.3) is 21.9 Å². The summed E-state index contributed by atoms with van der Waals surface area (Å²) in [6.45, 7) is 0. The molecule has 1 aliphatic carbocycles. The van der Waals surface area contributed by atoms with E-state index in [-0.39, 0.29) is 0 Å². The van der Waals surface area contributed by atoms with Gasteiger partial charge >= 0.3 is 7.12 Å². The van der Waals surface area contributed by atoms with E-state index < -0.39 is 12.5 Å². The third-order valence-corrected chi connectivity index (χ3v) is 6.74.